The second-order valence-corrected chi connectivity index (χ2v) is 4.91. The van der Waals surface area contributed by atoms with Crippen LogP contribution in [0.5, 0.6) is 0 Å². The summed E-state index contributed by atoms with van der Waals surface area (Å²) in [5, 5.41) is 11.4. The molecule has 0 radical (unpaired) electrons. The number of piperidine rings is 1. The van der Waals surface area contributed by atoms with Crippen LogP contribution in [0.4, 0.5) is 0 Å². The molecule has 2 rings (SSSR count). The number of amides is 1. The van der Waals surface area contributed by atoms with Gasteiger partial charge in [-0.05, 0) is 38.8 Å². The quantitative estimate of drug-likeness (QED) is 0.691. The SMILES string of the molecule is CN1CCCC(C2CC(C(=O)O)NC2=O)C1. The van der Waals surface area contributed by atoms with Gasteiger partial charge in [-0.1, -0.05) is 0 Å². The third kappa shape index (κ3) is 2.19. The summed E-state index contributed by atoms with van der Waals surface area (Å²) in [4.78, 5) is 24.7. The Morgan fingerprint density at radius 1 is 1.56 bits per heavy atom. The summed E-state index contributed by atoms with van der Waals surface area (Å²) >= 11 is 0. The van der Waals surface area contributed by atoms with Crippen LogP contribution in [0, 0.1) is 11.8 Å². The highest BCUT2D eigenvalue weighted by Gasteiger charge is 2.41. The lowest BCUT2D eigenvalue weighted by molar-refractivity contribution is -0.140. The first-order chi connectivity index (χ1) is 7.58. The molecular formula is C11H18N2O3. The van der Waals surface area contributed by atoms with E-state index in [2.05, 4.69) is 10.2 Å². The smallest absolute Gasteiger partial charge is 0.326 e. The molecule has 3 atom stereocenters. The highest BCUT2D eigenvalue weighted by Crippen LogP contribution is 2.30. The fraction of sp³-hybridized carbons (Fsp3) is 0.818. The van der Waals surface area contributed by atoms with Gasteiger partial charge < -0.3 is 15.3 Å². The van der Waals surface area contributed by atoms with E-state index in [1.165, 1.54) is 0 Å². The minimum atomic E-state index is -0.917. The first-order valence-electron chi connectivity index (χ1n) is 5.79. The molecule has 0 saturated carbocycles. The zero-order valence-electron chi connectivity index (χ0n) is 9.48. The van der Waals surface area contributed by atoms with Crippen molar-refractivity contribution in [2.75, 3.05) is 20.1 Å². The molecule has 5 heteroatoms. The Morgan fingerprint density at radius 3 is 2.88 bits per heavy atom. The lowest BCUT2D eigenvalue weighted by atomic mass is 9.83. The van der Waals surface area contributed by atoms with Crippen LogP contribution in [-0.2, 0) is 9.59 Å². The number of carboxylic acid groups (broad SMARTS) is 1. The van der Waals surface area contributed by atoms with Crippen molar-refractivity contribution in [2.24, 2.45) is 11.8 Å². The van der Waals surface area contributed by atoms with E-state index in [0.29, 0.717) is 12.3 Å². The van der Waals surface area contributed by atoms with Gasteiger partial charge in [0, 0.05) is 12.5 Å². The van der Waals surface area contributed by atoms with Crippen molar-refractivity contribution < 1.29 is 14.7 Å². The lowest BCUT2D eigenvalue weighted by Crippen LogP contribution is -2.38. The van der Waals surface area contributed by atoms with Crippen LogP contribution in [0.3, 0.4) is 0 Å². The third-order valence-electron chi connectivity index (χ3n) is 3.67. The minimum Gasteiger partial charge on any atom is -0.480 e. The van der Waals surface area contributed by atoms with Crippen molar-refractivity contribution in [3.63, 3.8) is 0 Å². The molecule has 2 saturated heterocycles. The fourth-order valence-corrected chi connectivity index (χ4v) is 2.80. The summed E-state index contributed by atoms with van der Waals surface area (Å²) in [7, 11) is 2.05. The number of likely N-dealkylation sites (tertiary alicyclic amines) is 1. The predicted octanol–water partition coefficient (Wildman–Crippen LogP) is -0.0825. The van der Waals surface area contributed by atoms with Crippen LogP contribution in [0.2, 0.25) is 0 Å². The Morgan fingerprint density at radius 2 is 2.31 bits per heavy atom. The average molecular weight is 226 g/mol. The highest BCUT2D eigenvalue weighted by atomic mass is 16.4. The molecule has 2 aliphatic rings. The van der Waals surface area contributed by atoms with E-state index in [9.17, 15) is 9.59 Å². The summed E-state index contributed by atoms with van der Waals surface area (Å²) in [6, 6.07) is -0.676. The molecule has 0 aromatic heterocycles. The summed E-state index contributed by atoms with van der Waals surface area (Å²) < 4.78 is 0. The molecule has 5 nitrogen and oxygen atoms in total. The maximum absolute atomic E-state index is 11.7. The molecule has 0 aromatic rings. The number of nitrogens with zero attached hydrogens (tertiary/aromatic N) is 1. The van der Waals surface area contributed by atoms with Gasteiger partial charge in [0.1, 0.15) is 6.04 Å². The Hall–Kier alpha value is -1.10. The zero-order chi connectivity index (χ0) is 11.7. The summed E-state index contributed by atoms with van der Waals surface area (Å²) in [6.07, 6.45) is 2.59. The van der Waals surface area contributed by atoms with Crippen molar-refractivity contribution in [2.45, 2.75) is 25.3 Å². The maximum atomic E-state index is 11.7. The fourth-order valence-electron chi connectivity index (χ4n) is 2.80. The second kappa shape index (κ2) is 4.41. The van der Waals surface area contributed by atoms with E-state index < -0.39 is 12.0 Å². The van der Waals surface area contributed by atoms with Gasteiger partial charge in [-0.15, -0.1) is 0 Å². The van der Waals surface area contributed by atoms with Crippen LogP contribution in [0.25, 0.3) is 0 Å². The van der Waals surface area contributed by atoms with Gasteiger partial charge in [0.15, 0.2) is 0 Å². The standard InChI is InChI=1S/C11H18N2O3/c1-13-4-2-3-7(6-13)8-5-9(11(15)16)12-10(8)14/h7-9H,2-6H2,1H3,(H,12,14)(H,15,16). The van der Waals surface area contributed by atoms with E-state index in [0.717, 1.165) is 25.9 Å². The summed E-state index contributed by atoms with van der Waals surface area (Å²) in [6.45, 7) is 1.98. The minimum absolute atomic E-state index is 0.0762. The number of nitrogens with one attached hydrogen (secondary N) is 1. The molecule has 1 amide bonds. The van der Waals surface area contributed by atoms with E-state index in [1.54, 1.807) is 0 Å². The molecule has 0 bridgehead atoms. The van der Waals surface area contributed by atoms with E-state index in [-0.39, 0.29) is 11.8 Å². The van der Waals surface area contributed by atoms with Crippen molar-refractivity contribution >= 4 is 11.9 Å². The average Bonchev–Trinajstić information content (AvgIpc) is 2.60. The van der Waals surface area contributed by atoms with E-state index >= 15 is 0 Å². The number of hydrogen-bond acceptors (Lipinski definition) is 3. The van der Waals surface area contributed by atoms with Gasteiger partial charge in [0.25, 0.3) is 0 Å². The number of rotatable bonds is 2. The lowest BCUT2D eigenvalue weighted by Gasteiger charge is -2.32. The van der Waals surface area contributed by atoms with Crippen molar-refractivity contribution in [1.29, 1.82) is 0 Å². The highest BCUT2D eigenvalue weighted by molar-refractivity contribution is 5.89. The van der Waals surface area contributed by atoms with E-state index in [1.807, 2.05) is 7.05 Å². The Bertz CT molecular complexity index is 306. The van der Waals surface area contributed by atoms with Crippen LogP contribution >= 0.6 is 0 Å². The molecule has 2 fully saturated rings. The van der Waals surface area contributed by atoms with Gasteiger partial charge in [-0.2, -0.15) is 0 Å². The Balaban J connectivity index is 1.99. The normalized spacial score (nSPS) is 36.1. The van der Waals surface area contributed by atoms with Crippen LogP contribution < -0.4 is 5.32 Å². The summed E-state index contributed by atoms with van der Waals surface area (Å²) in [5.74, 6) is -0.778. The largest absolute Gasteiger partial charge is 0.480 e. The van der Waals surface area contributed by atoms with Gasteiger partial charge in [-0.3, -0.25) is 4.79 Å². The number of carbonyl (C=O) groups is 2. The number of aliphatic carboxylic acids is 1. The van der Waals surface area contributed by atoms with Crippen molar-refractivity contribution in [1.82, 2.24) is 10.2 Å². The first kappa shape index (κ1) is 11.4. The Kier molecular flexibility index (Phi) is 3.14. The zero-order valence-corrected chi connectivity index (χ0v) is 9.48. The van der Waals surface area contributed by atoms with Crippen LogP contribution in [0.15, 0.2) is 0 Å². The molecule has 0 aliphatic carbocycles. The summed E-state index contributed by atoms with van der Waals surface area (Å²) in [5.41, 5.74) is 0. The third-order valence-corrected chi connectivity index (χ3v) is 3.67. The number of carboxylic acids is 1. The predicted molar refractivity (Wildman–Crippen MR) is 57.9 cm³/mol. The van der Waals surface area contributed by atoms with Crippen molar-refractivity contribution in [3.05, 3.63) is 0 Å². The van der Waals surface area contributed by atoms with Gasteiger partial charge in [-0.25, -0.2) is 4.79 Å². The molecule has 2 aliphatic heterocycles. The van der Waals surface area contributed by atoms with Crippen LogP contribution in [0.1, 0.15) is 19.3 Å². The van der Waals surface area contributed by atoms with E-state index in [4.69, 9.17) is 5.11 Å². The molecule has 2 heterocycles. The maximum Gasteiger partial charge on any atom is 0.326 e. The molecule has 90 valence electrons. The monoisotopic (exact) mass is 226 g/mol. The molecule has 0 aromatic carbocycles. The molecule has 3 unspecified atom stereocenters. The first-order valence-corrected chi connectivity index (χ1v) is 5.79. The molecule has 0 spiro atoms. The van der Waals surface area contributed by atoms with Gasteiger partial charge in [0.05, 0.1) is 0 Å². The second-order valence-electron chi connectivity index (χ2n) is 4.91. The number of carbonyl (C=O) groups excluding carboxylic acids is 1. The topological polar surface area (TPSA) is 69.6 Å². The van der Waals surface area contributed by atoms with Gasteiger partial charge >= 0.3 is 5.97 Å². The molecule has 16 heavy (non-hydrogen) atoms. The van der Waals surface area contributed by atoms with Crippen molar-refractivity contribution in [3.8, 4) is 0 Å². The van der Waals surface area contributed by atoms with Gasteiger partial charge in [0.2, 0.25) is 5.91 Å². The van der Waals surface area contributed by atoms with Crippen LogP contribution in [-0.4, -0.2) is 48.1 Å². The Labute approximate surface area is 94.8 Å². The molecular weight excluding hydrogens is 208 g/mol. The number of hydrogen-bond donors (Lipinski definition) is 2. The molecule has 2 N–H and O–H groups in total.